The largest absolute Gasteiger partial charge is 0.493 e. The van der Waals surface area contributed by atoms with Gasteiger partial charge in [-0.3, -0.25) is 0 Å². The van der Waals surface area contributed by atoms with Gasteiger partial charge in [0.05, 0.1) is 16.5 Å². The van der Waals surface area contributed by atoms with E-state index in [1.54, 1.807) is 18.4 Å². The summed E-state index contributed by atoms with van der Waals surface area (Å²) in [6, 6.07) is 6.01. The summed E-state index contributed by atoms with van der Waals surface area (Å²) in [6.07, 6.45) is 0. The molecular weight excluding hydrogens is 460 g/mol. The van der Waals surface area contributed by atoms with Crippen LogP contribution in [-0.2, 0) is 11.9 Å². The molecule has 0 bridgehead atoms. The minimum Gasteiger partial charge on any atom is -0.493 e. The summed E-state index contributed by atoms with van der Waals surface area (Å²) in [5.74, 6) is 1.46. The van der Waals surface area contributed by atoms with Gasteiger partial charge in [0.1, 0.15) is 6.61 Å². The number of hydrogen-bond acceptors (Lipinski definition) is 3. The summed E-state index contributed by atoms with van der Waals surface area (Å²) in [5.41, 5.74) is 1.13. The zero-order valence-corrected chi connectivity index (χ0v) is 15.7. The molecule has 0 saturated heterocycles. The Balaban J connectivity index is 2.22. The molecule has 102 valence electrons. The van der Waals surface area contributed by atoms with E-state index in [-0.39, 0.29) is 0 Å². The third kappa shape index (κ3) is 3.74. The standard InChI is InChI=1S/C13H11Br3O2S/c1-17-11-5-8(6-14)4-10(16)13(11)18-7-12-9(15)2-3-19-12/h2-5H,6-7H2,1H3. The van der Waals surface area contributed by atoms with Crippen molar-refractivity contribution in [2.24, 2.45) is 0 Å². The normalized spacial score (nSPS) is 10.5. The van der Waals surface area contributed by atoms with Crippen molar-refractivity contribution in [3.8, 4) is 11.5 Å². The van der Waals surface area contributed by atoms with Gasteiger partial charge in [-0.05, 0) is 61.0 Å². The predicted octanol–water partition coefficient (Wildman–Crippen LogP) is 5.76. The van der Waals surface area contributed by atoms with Crippen LogP contribution in [0.3, 0.4) is 0 Å². The molecule has 19 heavy (non-hydrogen) atoms. The average Bonchev–Trinajstić information content (AvgIpc) is 2.82. The van der Waals surface area contributed by atoms with Gasteiger partial charge in [0.25, 0.3) is 0 Å². The predicted molar refractivity (Wildman–Crippen MR) is 89.7 cm³/mol. The Morgan fingerprint density at radius 2 is 2.00 bits per heavy atom. The molecular formula is C13H11Br3O2S. The van der Waals surface area contributed by atoms with Crippen LogP contribution in [0.25, 0.3) is 0 Å². The molecule has 0 aliphatic rings. The average molecular weight is 471 g/mol. The lowest BCUT2D eigenvalue weighted by Gasteiger charge is -2.13. The number of halogens is 3. The Morgan fingerprint density at radius 3 is 2.58 bits per heavy atom. The van der Waals surface area contributed by atoms with Crippen LogP contribution in [0.1, 0.15) is 10.4 Å². The molecule has 0 radical (unpaired) electrons. The summed E-state index contributed by atoms with van der Waals surface area (Å²) < 4.78 is 13.2. The molecule has 2 rings (SSSR count). The number of hydrogen-bond donors (Lipinski definition) is 0. The SMILES string of the molecule is COc1cc(CBr)cc(Br)c1OCc1sccc1Br. The molecule has 0 spiro atoms. The number of thiophene rings is 1. The first-order chi connectivity index (χ1) is 9.15. The fraction of sp³-hybridized carbons (Fsp3) is 0.231. The molecule has 0 aliphatic carbocycles. The Bertz CT molecular complexity index is 569. The number of rotatable bonds is 5. The first-order valence-electron chi connectivity index (χ1n) is 5.42. The zero-order valence-electron chi connectivity index (χ0n) is 10.1. The number of ether oxygens (including phenoxy) is 2. The molecule has 1 aromatic heterocycles. The minimum atomic E-state index is 0.515. The van der Waals surface area contributed by atoms with E-state index in [0.29, 0.717) is 6.61 Å². The van der Waals surface area contributed by atoms with Gasteiger partial charge in [-0.25, -0.2) is 0 Å². The molecule has 1 heterocycles. The summed E-state index contributed by atoms with van der Waals surface area (Å²) >= 11 is 12.1. The number of alkyl halides is 1. The van der Waals surface area contributed by atoms with Gasteiger partial charge in [-0.2, -0.15) is 0 Å². The van der Waals surface area contributed by atoms with Gasteiger partial charge in [0.2, 0.25) is 0 Å². The van der Waals surface area contributed by atoms with Crippen LogP contribution in [-0.4, -0.2) is 7.11 Å². The van der Waals surface area contributed by atoms with Crippen molar-refractivity contribution < 1.29 is 9.47 Å². The Kier molecular flexibility index (Phi) is 5.74. The van der Waals surface area contributed by atoms with Crippen molar-refractivity contribution in [2.45, 2.75) is 11.9 Å². The Morgan fingerprint density at radius 1 is 1.21 bits per heavy atom. The van der Waals surface area contributed by atoms with Crippen LogP contribution in [0.15, 0.2) is 32.5 Å². The second-order valence-corrected chi connectivity index (χ2v) is 6.99. The van der Waals surface area contributed by atoms with E-state index in [1.807, 2.05) is 23.6 Å². The van der Waals surface area contributed by atoms with Crippen LogP contribution >= 0.6 is 59.1 Å². The molecule has 0 fully saturated rings. The molecule has 6 heteroatoms. The highest BCUT2D eigenvalue weighted by Crippen LogP contribution is 2.38. The second-order valence-electron chi connectivity index (χ2n) is 3.72. The van der Waals surface area contributed by atoms with Crippen molar-refractivity contribution in [1.29, 1.82) is 0 Å². The quantitative estimate of drug-likeness (QED) is 0.517. The number of methoxy groups -OCH3 is 1. The molecule has 2 aromatic rings. The molecule has 1 aromatic carbocycles. The highest BCUT2D eigenvalue weighted by molar-refractivity contribution is 9.11. The monoisotopic (exact) mass is 468 g/mol. The maximum Gasteiger partial charge on any atom is 0.175 e. The van der Waals surface area contributed by atoms with E-state index in [4.69, 9.17) is 9.47 Å². The van der Waals surface area contributed by atoms with Crippen molar-refractivity contribution in [3.63, 3.8) is 0 Å². The first-order valence-corrected chi connectivity index (χ1v) is 9.01. The lowest BCUT2D eigenvalue weighted by molar-refractivity contribution is 0.284. The molecule has 0 amide bonds. The molecule has 0 unspecified atom stereocenters. The van der Waals surface area contributed by atoms with Crippen LogP contribution in [0.5, 0.6) is 11.5 Å². The molecule has 0 saturated carbocycles. The van der Waals surface area contributed by atoms with E-state index >= 15 is 0 Å². The Labute approximate surface area is 141 Å². The maximum atomic E-state index is 5.88. The highest BCUT2D eigenvalue weighted by atomic mass is 79.9. The van der Waals surface area contributed by atoms with Crippen molar-refractivity contribution in [1.82, 2.24) is 0 Å². The van der Waals surface area contributed by atoms with Crippen LogP contribution in [0, 0.1) is 0 Å². The summed E-state index contributed by atoms with van der Waals surface area (Å²) in [4.78, 5) is 1.15. The van der Waals surface area contributed by atoms with E-state index < -0.39 is 0 Å². The van der Waals surface area contributed by atoms with E-state index in [2.05, 4.69) is 47.8 Å². The van der Waals surface area contributed by atoms with Crippen LogP contribution in [0.4, 0.5) is 0 Å². The third-order valence-corrected chi connectivity index (χ3v) is 5.62. The van der Waals surface area contributed by atoms with E-state index in [0.717, 1.165) is 36.2 Å². The van der Waals surface area contributed by atoms with E-state index in [9.17, 15) is 0 Å². The van der Waals surface area contributed by atoms with Gasteiger partial charge in [0, 0.05) is 9.80 Å². The first kappa shape index (κ1) is 15.4. The lowest BCUT2D eigenvalue weighted by Crippen LogP contribution is -1.98. The third-order valence-electron chi connectivity index (χ3n) is 2.48. The van der Waals surface area contributed by atoms with Crippen LogP contribution in [0.2, 0.25) is 0 Å². The van der Waals surface area contributed by atoms with Crippen molar-refractivity contribution >= 4 is 59.1 Å². The lowest BCUT2D eigenvalue weighted by atomic mass is 10.2. The van der Waals surface area contributed by atoms with Gasteiger partial charge >= 0.3 is 0 Å². The van der Waals surface area contributed by atoms with Crippen molar-refractivity contribution in [3.05, 3.63) is 43.0 Å². The number of benzene rings is 1. The Hall–Kier alpha value is -0.0400. The molecule has 2 nitrogen and oxygen atoms in total. The van der Waals surface area contributed by atoms with Gasteiger partial charge in [-0.15, -0.1) is 11.3 Å². The zero-order chi connectivity index (χ0) is 13.8. The molecule has 0 aliphatic heterocycles. The molecule has 0 atom stereocenters. The van der Waals surface area contributed by atoms with Gasteiger partial charge in [0.15, 0.2) is 11.5 Å². The topological polar surface area (TPSA) is 18.5 Å². The fourth-order valence-electron chi connectivity index (χ4n) is 1.56. The van der Waals surface area contributed by atoms with Crippen molar-refractivity contribution in [2.75, 3.05) is 7.11 Å². The smallest absolute Gasteiger partial charge is 0.175 e. The summed E-state index contributed by atoms with van der Waals surface area (Å²) in [6.45, 7) is 0.515. The van der Waals surface area contributed by atoms with E-state index in [1.165, 1.54) is 0 Å². The van der Waals surface area contributed by atoms with Gasteiger partial charge < -0.3 is 9.47 Å². The summed E-state index contributed by atoms with van der Waals surface area (Å²) in [7, 11) is 1.65. The summed E-state index contributed by atoms with van der Waals surface area (Å²) in [5, 5.41) is 2.81. The van der Waals surface area contributed by atoms with Gasteiger partial charge in [-0.1, -0.05) is 15.9 Å². The second kappa shape index (κ2) is 7.11. The fourth-order valence-corrected chi connectivity index (χ4v) is 3.86. The molecule has 0 N–H and O–H groups in total. The maximum absolute atomic E-state index is 5.88. The van der Waals surface area contributed by atoms with Crippen LogP contribution < -0.4 is 9.47 Å². The highest BCUT2D eigenvalue weighted by Gasteiger charge is 2.12. The minimum absolute atomic E-state index is 0.515.